The number of amides is 1. The van der Waals surface area contributed by atoms with Crippen LogP contribution in [0.1, 0.15) is 11.1 Å². The Hall–Kier alpha value is -2.25. The number of rotatable bonds is 4. The van der Waals surface area contributed by atoms with Gasteiger partial charge in [0, 0.05) is 0 Å². The summed E-state index contributed by atoms with van der Waals surface area (Å²) in [4.78, 5) is 16.5. The van der Waals surface area contributed by atoms with Gasteiger partial charge < -0.3 is 5.32 Å². The molecule has 2 aromatic carbocycles. The van der Waals surface area contributed by atoms with E-state index in [1.165, 1.54) is 23.5 Å². The molecule has 0 aliphatic heterocycles. The van der Waals surface area contributed by atoms with E-state index in [1.54, 1.807) is 12.1 Å². The van der Waals surface area contributed by atoms with Crippen LogP contribution in [-0.2, 0) is 14.6 Å². The highest BCUT2D eigenvalue weighted by Gasteiger charge is 2.20. The van der Waals surface area contributed by atoms with Crippen molar-refractivity contribution in [3.8, 4) is 0 Å². The van der Waals surface area contributed by atoms with Crippen molar-refractivity contribution in [1.29, 1.82) is 0 Å². The van der Waals surface area contributed by atoms with Gasteiger partial charge in [-0.25, -0.2) is 13.4 Å². The normalized spacial score (nSPS) is 11.6. The fraction of sp³-hybridized carbons (Fsp3) is 0.176. The number of thiazole rings is 1. The van der Waals surface area contributed by atoms with E-state index in [2.05, 4.69) is 10.3 Å². The van der Waals surface area contributed by atoms with Crippen LogP contribution in [0.2, 0.25) is 0 Å². The van der Waals surface area contributed by atoms with E-state index < -0.39 is 21.5 Å². The first kappa shape index (κ1) is 16.6. The summed E-state index contributed by atoms with van der Waals surface area (Å²) in [7, 11) is -3.67. The van der Waals surface area contributed by atoms with Crippen molar-refractivity contribution in [2.45, 2.75) is 18.7 Å². The van der Waals surface area contributed by atoms with Gasteiger partial charge in [-0.2, -0.15) is 0 Å². The molecule has 0 unspecified atom stereocenters. The van der Waals surface area contributed by atoms with E-state index in [1.807, 2.05) is 32.0 Å². The number of fused-ring (bicyclic) bond motifs is 1. The Labute approximate surface area is 144 Å². The zero-order chi connectivity index (χ0) is 17.3. The minimum atomic E-state index is -3.67. The quantitative estimate of drug-likeness (QED) is 0.774. The molecule has 0 bridgehead atoms. The van der Waals surface area contributed by atoms with Crippen LogP contribution >= 0.6 is 11.3 Å². The number of aromatic nitrogens is 1. The molecule has 1 N–H and O–H groups in total. The lowest BCUT2D eigenvalue weighted by Crippen LogP contribution is -2.22. The molecule has 24 heavy (non-hydrogen) atoms. The number of hydrogen-bond donors (Lipinski definition) is 1. The summed E-state index contributed by atoms with van der Waals surface area (Å²) in [5, 5.41) is 2.98. The molecule has 7 heteroatoms. The van der Waals surface area contributed by atoms with Gasteiger partial charge in [0.2, 0.25) is 5.91 Å². The lowest BCUT2D eigenvalue weighted by Gasteiger charge is -2.04. The molecule has 0 fully saturated rings. The Morgan fingerprint density at radius 1 is 1.08 bits per heavy atom. The molecule has 1 heterocycles. The van der Waals surface area contributed by atoms with Crippen molar-refractivity contribution in [3.63, 3.8) is 0 Å². The Balaban J connectivity index is 1.75. The standard InChI is InChI=1S/C17H16N2O3S2/c1-11-3-6-13(7-4-11)24(21,22)10-16(20)19-17-18-14-8-5-12(2)9-15(14)23-17/h3-9H,10H2,1-2H3,(H,18,19,20). The number of carbonyl (C=O) groups excluding carboxylic acids is 1. The van der Waals surface area contributed by atoms with Gasteiger partial charge in [-0.15, -0.1) is 0 Å². The first-order valence-electron chi connectivity index (χ1n) is 7.30. The summed E-state index contributed by atoms with van der Waals surface area (Å²) >= 11 is 1.33. The summed E-state index contributed by atoms with van der Waals surface area (Å²) < 4.78 is 25.5. The highest BCUT2D eigenvalue weighted by Crippen LogP contribution is 2.26. The number of sulfone groups is 1. The number of hydrogen-bond acceptors (Lipinski definition) is 5. The molecule has 1 aromatic heterocycles. The van der Waals surface area contributed by atoms with Crippen LogP contribution in [0.15, 0.2) is 47.4 Å². The van der Waals surface area contributed by atoms with Crippen LogP contribution in [0.3, 0.4) is 0 Å². The largest absolute Gasteiger partial charge is 0.301 e. The molecular formula is C17H16N2O3S2. The van der Waals surface area contributed by atoms with E-state index in [9.17, 15) is 13.2 Å². The molecule has 0 aliphatic rings. The molecule has 0 saturated heterocycles. The van der Waals surface area contributed by atoms with Crippen LogP contribution in [0.5, 0.6) is 0 Å². The van der Waals surface area contributed by atoms with Crippen LogP contribution in [0.25, 0.3) is 10.2 Å². The van der Waals surface area contributed by atoms with Gasteiger partial charge in [0.25, 0.3) is 0 Å². The molecule has 5 nitrogen and oxygen atoms in total. The van der Waals surface area contributed by atoms with E-state index in [4.69, 9.17) is 0 Å². The van der Waals surface area contributed by atoms with Crippen LogP contribution < -0.4 is 5.32 Å². The smallest absolute Gasteiger partial charge is 0.241 e. The summed E-state index contributed by atoms with van der Waals surface area (Å²) in [6.07, 6.45) is 0. The topological polar surface area (TPSA) is 76.1 Å². The fourth-order valence-corrected chi connectivity index (χ4v) is 4.36. The lowest BCUT2D eigenvalue weighted by molar-refractivity contribution is -0.113. The molecular weight excluding hydrogens is 344 g/mol. The fourth-order valence-electron chi connectivity index (χ4n) is 2.24. The highest BCUT2D eigenvalue weighted by molar-refractivity contribution is 7.92. The average molecular weight is 360 g/mol. The number of anilines is 1. The Kier molecular flexibility index (Phi) is 4.38. The number of carbonyl (C=O) groups is 1. The summed E-state index contributed by atoms with van der Waals surface area (Å²) in [5.74, 6) is -1.20. The Bertz CT molecular complexity index is 1010. The third kappa shape index (κ3) is 3.63. The molecule has 3 aromatic rings. The van der Waals surface area contributed by atoms with Crippen LogP contribution in [-0.4, -0.2) is 25.1 Å². The van der Waals surface area contributed by atoms with Gasteiger partial charge in [0.15, 0.2) is 15.0 Å². The second-order valence-electron chi connectivity index (χ2n) is 5.61. The number of benzene rings is 2. The van der Waals surface area contributed by atoms with Crippen molar-refractivity contribution in [3.05, 3.63) is 53.6 Å². The number of nitrogens with one attached hydrogen (secondary N) is 1. The third-order valence-corrected chi connectivity index (χ3v) is 6.06. The Morgan fingerprint density at radius 3 is 2.46 bits per heavy atom. The minimum Gasteiger partial charge on any atom is -0.301 e. The second-order valence-corrected chi connectivity index (χ2v) is 8.63. The molecule has 0 atom stereocenters. The number of nitrogens with zero attached hydrogens (tertiary/aromatic N) is 1. The maximum Gasteiger partial charge on any atom is 0.241 e. The van der Waals surface area contributed by atoms with Gasteiger partial charge in [-0.1, -0.05) is 35.1 Å². The molecule has 0 spiro atoms. The second kappa shape index (κ2) is 6.33. The van der Waals surface area contributed by atoms with E-state index in [-0.39, 0.29) is 4.90 Å². The minimum absolute atomic E-state index is 0.142. The summed E-state index contributed by atoms with van der Waals surface area (Å²) in [6, 6.07) is 12.2. The molecule has 3 rings (SSSR count). The van der Waals surface area contributed by atoms with E-state index >= 15 is 0 Å². The monoisotopic (exact) mass is 360 g/mol. The lowest BCUT2D eigenvalue weighted by atomic mass is 10.2. The van der Waals surface area contributed by atoms with E-state index in [0.717, 1.165) is 21.3 Å². The predicted molar refractivity (Wildman–Crippen MR) is 96.2 cm³/mol. The zero-order valence-electron chi connectivity index (χ0n) is 13.2. The number of aryl methyl sites for hydroxylation is 2. The average Bonchev–Trinajstić information content (AvgIpc) is 2.88. The molecule has 0 saturated carbocycles. The van der Waals surface area contributed by atoms with Gasteiger partial charge in [-0.05, 0) is 43.7 Å². The highest BCUT2D eigenvalue weighted by atomic mass is 32.2. The third-order valence-electron chi connectivity index (χ3n) is 3.49. The van der Waals surface area contributed by atoms with Gasteiger partial charge >= 0.3 is 0 Å². The van der Waals surface area contributed by atoms with Gasteiger partial charge in [0.1, 0.15) is 5.75 Å². The SMILES string of the molecule is Cc1ccc(S(=O)(=O)CC(=O)Nc2nc3ccc(C)cc3s2)cc1. The zero-order valence-corrected chi connectivity index (χ0v) is 14.9. The summed E-state index contributed by atoms with van der Waals surface area (Å²) in [5.41, 5.74) is 2.84. The van der Waals surface area contributed by atoms with Crippen molar-refractivity contribution >= 4 is 42.4 Å². The maximum atomic E-state index is 12.3. The maximum absolute atomic E-state index is 12.3. The van der Waals surface area contributed by atoms with Crippen molar-refractivity contribution in [2.24, 2.45) is 0 Å². The predicted octanol–water partition coefficient (Wildman–Crippen LogP) is 3.33. The molecule has 124 valence electrons. The van der Waals surface area contributed by atoms with Gasteiger partial charge in [0.05, 0.1) is 15.1 Å². The molecule has 1 amide bonds. The van der Waals surface area contributed by atoms with Gasteiger partial charge in [-0.3, -0.25) is 4.79 Å². The van der Waals surface area contributed by atoms with E-state index in [0.29, 0.717) is 5.13 Å². The molecule has 0 aliphatic carbocycles. The van der Waals surface area contributed by atoms with Crippen LogP contribution in [0.4, 0.5) is 5.13 Å². The first-order valence-corrected chi connectivity index (χ1v) is 9.77. The first-order chi connectivity index (χ1) is 11.3. The summed E-state index contributed by atoms with van der Waals surface area (Å²) in [6.45, 7) is 3.85. The van der Waals surface area contributed by atoms with Crippen molar-refractivity contribution in [2.75, 3.05) is 11.1 Å². The van der Waals surface area contributed by atoms with Crippen molar-refractivity contribution < 1.29 is 13.2 Å². The van der Waals surface area contributed by atoms with Crippen LogP contribution in [0, 0.1) is 13.8 Å². The Morgan fingerprint density at radius 2 is 1.75 bits per heavy atom. The molecule has 0 radical (unpaired) electrons. The van der Waals surface area contributed by atoms with Crippen molar-refractivity contribution in [1.82, 2.24) is 4.98 Å².